The van der Waals surface area contributed by atoms with Crippen LogP contribution >= 0.6 is 11.6 Å². The zero-order valence-electron chi connectivity index (χ0n) is 11.2. The third kappa shape index (κ3) is 4.04. The van der Waals surface area contributed by atoms with Crippen LogP contribution in [0.3, 0.4) is 0 Å². The quantitative estimate of drug-likeness (QED) is 0.877. The molecule has 2 N–H and O–H groups in total. The van der Waals surface area contributed by atoms with Crippen LogP contribution in [0.25, 0.3) is 0 Å². The highest BCUT2D eigenvalue weighted by atomic mass is 35.5. The van der Waals surface area contributed by atoms with E-state index in [1.807, 2.05) is 31.2 Å². The van der Waals surface area contributed by atoms with Gasteiger partial charge in [0.15, 0.2) is 0 Å². The first-order valence-electron chi connectivity index (χ1n) is 6.48. The molecule has 2 rings (SSSR count). The molecule has 0 saturated carbocycles. The maximum Gasteiger partial charge on any atom is 0.123 e. The number of aliphatic hydroxyl groups excluding tert-OH is 1. The molecule has 0 aliphatic carbocycles. The molecule has 0 bridgehead atoms. The zero-order valence-corrected chi connectivity index (χ0v) is 11.9. The van der Waals surface area contributed by atoms with Crippen LogP contribution < -0.4 is 5.32 Å². The van der Waals surface area contributed by atoms with E-state index in [4.69, 9.17) is 11.6 Å². The van der Waals surface area contributed by atoms with Gasteiger partial charge in [-0.25, -0.2) is 4.39 Å². The molecule has 0 amide bonds. The third-order valence-electron chi connectivity index (χ3n) is 3.22. The first-order valence-corrected chi connectivity index (χ1v) is 6.86. The Balaban J connectivity index is 1.93. The molecule has 0 fully saturated rings. The maximum atomic E-state index is 12.8. The van der Waals surface area contributed by atoms with Gasteiger partial charge in [0, 0.05) is 17.6 Å². The van der Waals surface area contributed by atoms with Gasteiger partial charge in [0.25, 0.3) is 0 Å². The topological polar surface area (TPSA) is 32.3 Å². The Morgan fingerprint density at radius 1 is 1.15 bits per heavy atom. The molecule has 1 unspecified atom stereocenters. The number of hydrogen-bond acceptors (Lipinski definition) is 2. The van der Waals surface area contributed by atoms with Crippen LogP contribution in [0.1, 0.15) is 30.2 Å². The monoisotopic (exact) mass is 293 g/mol. The number of hydrogen-bond donors (Lipinski definition) is 2. The van der Waals surface area contributed by atoms with Crippen molar-refractivity contribution < 1.29 is 9.50 Å². The minimum atomic E-state index is -0.669. The summed E-state index contributed by atoms with van der Waals surface area (Å²) in [5, 5.41) is 14.0. The predicted molar refractivity (Wildman–Crippen MR) is 79.2 cm³/mol. The molecular weight excluding hydrogens is 277 g/mol. The molecule has 2 aromatic carbocycles. The molecule has 2 aromatic rings. The van der Waals surface area contributed by atoms with Crippen molar-refractivity contribution in [2.75, 3.05) is 6.54 Å². The normalized spacial score (nSPS) is 14.0. The van der Waals surface area contributed by atoms with Gasteiger partial charge in [0.05, 0.1) is 6.10 Å². The molecule has 0 saturated heterocycles. The van der Waals surface area contributed by atoms with Crippen LogP contribution in [0.5, 0.6) is 0 Å². The van der Waals surface area contributed by atoms with E-state index < -0.39 is 6.10 Å². The molecule has 20 heavy (non-hydrogen) atoms. The van der Waals surface area contributed by atoms with Gasteiger partial charge in [-0.2, -0.15) is 0 Å². The summed E-state index contributed by atoms with van der Waals surface area (Å²) in [5.74, 6) is -0.304. The van der Waals surface area contributed by atoms with E-state index in [2.05, 4.69) is 5.32 Å². The molecule has 2 atom stereocenters. The highest BCUT2D eigenvalue weighted by Crippen LogP contribution is 2.19. The van der Waals surface area contributed by atoms with Crippen LogP contribution in [0.15, 0.2) is 48.5 Å². The average molecular weight is 294 g/mol. The zero-order chi connectivity index (χ0) is 14.5. The van der Waals surface area contributed by atoms with Crippen LogP contribution in [0.2, 0.25) is 5.02 Å². The molecule has 0 spiro atoms. The van der Waals surface area contributed by atoms with Crippen LogP contribution in [0.4, 0.5) is 4.39 Å². The van der Waals surface area contributed by atoms with Crippen molar-refractivity contribution in [2.45, 2.75) is 19.1 Å². The summed E-state index contributed by atoms with van der Waals surface area (Å²) in [4.78, 5) is 0. The summed E-state index contributed by atoms with van der Waals surface area (Å²) in [6.45, 7) is 2.39. The standard InChI is InChI=1S/C16H17ClFNO/c1-11(13-3-2-4-14(17)9-13)19-10-16(20)12-5-7-15(18)8-6-12/h2-9,11,16,19-20H,10H2,1H3/t11-,16?/m1/s1. The summed E-state index contributed by atoms with van der Waals surface area (Å²) in [6, 6.07) is 13.5. The lowest BCUT2D eigenvalue weighted by Gasteiger charge is -2.18. The van der Waals surface area contributed by atoms with Gasteiger partial charge in [0.2, 0.25) is 0 Å². The second-order valence-corrected chi connectivity index (χ2v) is 5.19. The number of nitrogens with one attached hydrogen (secondary N) is 1. The van der Waals surface area contributed by atoms with Gasteiger partial charge >= 0.3 is 0 Å². The van der Waals surface area contributed by atoms with Crippen molar-refractivity contribution in [3.05, 3.63) is 70.5 Å². The lowest BCUT2D eigenvalue weighted by atomic mass is 10.1. The summed E-state index contributed by atoms with van der Waals surface area (Å²) in [5.41, 5.74) is 1.75. The Kier molecular flexibility index (Phi) is 5.12. The summed E-state index contributed by atoms with van der Waals surface area (Å²) in [6.07, 6.45) is -0.669. The Bertz CT molecular complexity index is 559. The van der Waals surface area contributed by atoms with E-state index in [0.717, 1.165) is 5.56 Å². The molecule has 0 heterocycles. The second-order valence-electron chi connectivity index (χ2n) is 4.75. The molecule has 0 aliphatic heterocycles. The van der Waals surface area contributed by atoms with Crippen LogP contribution in [0, 0.1) is 5.82 Å². The molecule has 0 radical (unpaired) electrons. The van der Waals surface area contributed by atoms with Crippen LogP contribution in [-0.4, -0.2) is 11.7 Å². The van der Waals surface area contributed by atoms with Crippen LogP contribution in [-0.2, 0) is 0 Å². The Morgan fingerprint density at radius 2 is 1.85 bits per heavy atom. The van der Waals surface area contributed by atoms with E-state index in [1.165, 1.54) is 12.1 Å². The number of aliphatic hydroxyl groups is 1. The largest absolute Gasteiger partial charge is 0.387 e. The Labute approximate surface area is 123 Å². The molecule has 106 valence electrons. The minimum absolute atomic E-state index is 0.0730. The van der Waals surface area contributed by atoms with E-state index in [9.17, 15) is 9.50 Å². The minimum Gasteiger partial charge on any atom is -0.387 e. The lowest BCUT2D eigenvalue weighted by molar-refractivity contribution is 0.170. The fourth-order valence-corrected chi connectivity index (χ4v) is 2.18. The Morgan fingerprint density at radius 3 is 2.50 bits per heavy atom. The van der Waals surface area contributed by atoms with Crippen molar-refractivity contribution in [1.82, 2.24) is 5.32 Å². The fourth-order valence-electron chi connectivity index (χ4n) is 1.98. The second kappa shape index (κ2) is 6.84. The van der Waals surface area contributed by atoms with Gasteiger partial charge < -0.3 is 10.4 Å². The fraction of sp³-hybridized carbons (Fsp3) is 0.250. The van der Waals surface area contributed by atoms with Gasteiger partial charge in [-0.15, -0.1) is 0 Å². The highest BCUT2D eigenvalue weighted by Gasteiger charge is 2.11. The van der Waals surface area contributed by atoms with Crippen molar-refractivity contribution in [3.8, 4) is 0 Å². The number of halogens is 2. The van der Waals surface area contributed by atoms with E-state index in [1.54, 1.807) is 12.1 Å². The maximum absolute atomic E-state index is 12.8. The van der Waals surface area contributed by atoms with Crippen molar-refractivity contribution in [3.63, 3.8) is 0 Å². The molecule has 0 aliphatic rings. The lowest BCUT2D eigenvalue weighted by Crippen LogP contribution is -2.24. The first-order chi connectivity index (χ1) is 9.56. The van der Waals surface area contributed by atoms with Crippen molar-refractivity contribution >= 4 is 11.6 Å². The molecule has 2 nitrogen and oxygen atoms in total. The van der Waals surface area contributed by atoms with Gasteiger partial charge in [0.1, 0.15) is 5.82 Å². The summed E-state index contributed by atoms with van der Waals surface area (Å²) >= 11 is 5.95. The summed E-state index contributed by atoms with van der Waals surface area (Å²) in [7, 11) is 0. The van der Waals surface area contributed by atoms with E-state index in [0.29, 0.717) is 17.1 Å². The molecule has 0 aromatic heterocycles. The first kappa shape index (κ1) is 15.0. The predicted octanol–water partition coefficient (Wildman–Crippen LogP) is 3.86. The van der Waals surface area contributed by atoms with Crippen molar-refractivity contribution in [2.24, 2.45) is 0 Å². The van der Waals surface area contributed by atoms with Gasteiger partial charge in [-0.05, 0) is 42.3 Å². The number of benzene rings is 2. The average Bonchev–Trinajstić information content (AvgIpc) is 2.45. The Hall–Kier alpha value is -1.42. The molecular formula is C16H17ClFNO. The summed E-state index contributed by atoms with van der Waals surface area (Å²) < 4.78 is 12.8. The third-order valence-corrected chi connectivity index (χ3v) is 3.46. The van der Waals surface area contributed by atoms with Gasteiger partial charge in [-0.3, -0.25) is 0 Å². The molecule has 4 heteroatoms. The van der Waals surface area contributed by atoms with E-state index >= 15 is 0 Å². The highest BCUT2D eigenvalue weighted by molar-refractivity contribution is 6.30. The van der Waals surface area contributed by atoms with Crippen molar-refractivity contribution in [1.29, 1.82) is 0 Å². The number of rotatable bonds is 5. The van der Waals surface area contributed by atoms with E-state index in [-0.39, 0.29) is 11.9 Å². The smallest absolute Gasteiger partial charge is 0.123 e. The SMILES string of the molecule is C[C@@H](NCC(O)c1ccc(F)cc1)c1cccc(Cl)c1. The van der Waals surface area contributed by atoms with Gasteiger partial charge in [-0.1, -0.05) is 35.9 Å².